The van der Waals surface area contributed by atoms with E-state index in [1.54, 1.807) is 0 Å². The maximum Gasteiger partial charge on any atom is 0.0625 e. The Balaban J connectivity index is 1.13. The van der Waals surface area contributed by atoms with E-state index in [1.807, 2.05) is 0 Å². The summed E-state index contributed by atoms with van der Waals surface area (Å²) in [5.74, 6) is 0.264. The summed E-state index contributed by atoms with van der Waals surface area (Å²) in [5, 5.41) is 7.58. The zero-order valence-electron chi connectivity index (χ0n) is 29.2. The first-order valence-electron chi connectivity index (χ1n) is 18.6. The van der Waals surface area contributed by atoms with Crippen LogP contribution >= 0.6 is 0 Å². The Morgan fingerprint density at radius 3 is 1.92 bits per heavy atom. The summed E-state index contributed by atoms with van der Waals surface area (Å²) in [4.78, 5) is 0. The molecular weight excluding hydrogens is 639 g/mol. The molecule has 11 rings (SSSR count). The van der Waals surface area contributed by atoms with Crippen LogP contribution in [0.4, 0.5) is 0 Å². The molecule has 53 heavy (non-hydrogen) atoms. The van der Waals surface area contributed by atoms with Crippen LogP contribution in [0.1, 0.15) is 22.6 Å². The van der Waals surface area contributed by atoms with Crippen LogP contribution < -0.4 is 0 Å². The van der Waals surface area contributed by atoms with E-state index in [9.17, 15) is 0 Å². The van der Waals surface area contributed by atoms with Crippen LogP contribution in [0.15, 0.2) is 194 Å². The summed E-state index contributed by atoms with van der Waals surface area (Å²) < 4.78 is 2.51. The SMILES string of the molecule is c1ccc(-c2ccc(CC3c4ccccc4-c4ccc(-c5c6ccccc6cc6c7ccccc7n(-c7ccc8ccccc8c7)c56)cc43)cc2)cc1. The molecule has 0 aliphatic heterocycles. The number of nitrogens with zero attached hydrogens (tertiary/aromatic N) is 1. The molecule has 1 aromatic heterocycles. The lowest BCUT2D eigenvalue weighted by molar-refractivity contribution is 0.827. The largest absolute Gasteiger partial charge is 0.309 e. The Hall–Kier alpha value is -6.70. The monoisotopic (exact) mass is 673 g/mol. The standard InChI is InChI=1S/C52H35N/c1-2-12-35(13-3-1)37-24-22-34(23-25-37)30-47-44-19-9-8-18-43(44)45-29-27-40(33-48(45)47)51-42-17-7-6-16-39(42)32-49-46-20-10-11-21-50(46)53(52(49)51)41-28-26-36-14-4-5-15-38(36)31-41/h1-29,31-33,47H,30H2. The van der Waals surface area contributed by atoms with E-state index in [-0.39, 0.29) is 5.92 Å². The Bertz CT molecular complexity index is 3020. The highest BCUT2D eigenvalue weighted by Gasteiger charge is 2.30. The van der Waals surface area contributed by atoms with Crippen LogP contribution in [0, 0.1) is 0 Å². The molecule has 1 heteroatoms. The lowest BCUT2D eigenvalue weighted by Gasteiger charge is -2.18. The van der Waals surface area contributed by atoms with Crippen molar-refractivity contribution in [2.75, 3.05) is 0 Å². The van der Waals surface area contributed by atoms with Crippen molar-refractivity contribution in [1.29, 1.82) is 0 Å². The fourth-order valence-corrected chi connectivity index (χ4v) is 9.05. The average molecular weight is 674 g/mol. The van der Waals surface area contributed by atoms with Crippen molar-refractivity contribution in [1.82, 2.24) is 4.57 Å². The molecule has 0 spiro atoms. The first kappa shape index (κ1) is 30.0. The summed E-state index contributed by atoms with van der Waals surface area (Å²) in [7, 11) is 0. The second kappa shape index (κ2) is 11.9. The van der Waals surface area contributed by atoms with Gasteiger partial charge in [0, 0.05) is 27.9 Å². The van der Waals surface area contributed by atoms with Gasteiger partial charge < -0.3 is 4.57 Å². The minimum absolute atomic E-state index is 0.264. The number of hydrogen-bond donors (Lipinski definition) is 0. The molecule has 1 aliphatic rings. The topological polar surface area (TPSA) is 4.93 Å². The number of hydrogen-bond acceptors (Lipinski definition) is 0. The summed E-state index contributed by atoms with van der Waals surface area (Å²) >= 11 is 0. The maximum absolute atomic E-state index is 2.52. The van der Waals surface area contributed by atoms with Gasteiger partial charge >= 0.3 is 0 Å². The van der Waals surface area contributed by atoms with Gasteiger partial charge in [0.05, 0.1) is 11.0 Å². The molecule has 1 heterocycles. The molecule has 9 aromatic carbocycles. The number of rotatable bonds is 5. The fraction of sp³-hybridized carbons (Fsp3) is 0.0385. The molecule has 0 saturated heterocycles. The molecule has 1 unspecified atom stereocenters. The Kier molecular flexibility index (Phi) is 6.75. The van der Waals surface area contributed by atoms with Crippen molar-refractivity contribution in [3.05, 3.63) is 211 Å². The average Bonchev–Trinajstić information content (AvgIpc) is 3.72. The van der Waals surface area contributed by atoms with E-state index in [1.165, 1.54) is 99.1 Å². The Labute approximate surface area is 309 Å². The molecule has 0 radical (unpaired) electrons. The molecule has 0 N–H and O–H groups in total. The lowest BCUT2D eigenvalue weighted by Crippen LogP contribution is -2.02. The van der Waals surface area contributed by atoms with Crippen LogP contribution in [0.3, 0.4) is 0 Å². The lowest BCUT2D eigenvalue weighted by atomic mass is 9.87. The Morgan fingerprint density at radius 1 is 0.396 bits per heavy atom. The van der Waals surface area contributed by atoms with Crippen molar-refractivity contribution in [2.45, 2.75) is 12.3 Å². The highest BCUT2D eigenvalue weighted by Crippen LogP contribution is 2.49. The minimum atomic E-state index is 0.264. The van der Waals surface area contributed by atoms with Crippen LogP contribution in [-0.2, 0) is 6.42 Å². The summed E-state index contributed by atoms with van der Waals surface area (Å²) in [6.45, 7) is 0. The molecule has 0 saturated carbocycles. The first-order chi connectivity index (χ1) is 26.3. The highest BCUT2D eigenvalue weighted by molar-refractivity contribution is 6.21. The van der Waals surface area contributed by atoms with Gasteiger partial charge in [0.2, 0.25) is 0 Å². The van der Waals surface area contributed by atoms with Crippen molar-refractivity contribution in [3.63, 3.8) is 0 Å². The highest BCUT2D eigenvalue weighted by atomic mass is 15.0. The second-order valence-electron chi connectivity index (χ2n) is 14.5. The van der Waals surface area contributed by atoms with Crippen molar-refractivity contribution >= 4 is 43.4 Å². The number of fused-ring (bicyclic) bond motifs is 8. The smallest absolute Gasteiger partial charge is 0.0625 e. The third kappa shape index (κ3) is 4.78. The zero-order chi connectivity index (χ0) is 34.9. The van der Waals surface area contributed by atoms with E-state index in [0.717, 1.165) is 6.42 Å². The molecule has 1 nitrogen and oxygen atoms in total. The van der Waals surface area contributed by atoms with Crippen molar-refractivity contribution < 1.29 is 0 Å². The molecule has 0 bridgehead atoms. The third-order valence-electron chi connectivity index (χ3n) is 11.5. The van der Waals surface area contributed by atoms with Gasteiger partial charge in [0.15, 0.2) is 0 Å². The van der Waals surface area contributed by atoms with E-state index < -0.39 is 0 Å². The van der Waals surface area contributed by atoms with Crippen LogP contribution in [0.2, 0.25) is 0 Å². The molecule has 1 atom stereocenters. The quantitative estimate of drug-likeness (QED) is 0.171. The molecular formula is C52H35N. The van der Waals surface area contributed by atoms with E-state index in [4.69, 9.17) is 0 Å². The van der Waals surface area contributed by atoms with Gasteiger partial charge in [-0.15, -0.1) is 0 Å². The molecule has 1 aliphatic carbocycles. The fourth-order valence-electron chi connectivity index (χ4n) is 9.05. The Morgan fingerprint density at radius 2 is 1.06 bits per heavy atom. The van der Waals surface area contributed by atoms with Crippen molar-refractivity contribution in [2.24, 2.45) is 0 Å². The van der Waals surface area contributed by atoms with E-state index in [2.05, 4.69) is 199 Å². The predicted molar refractivity (Wildman–Crippen MR) is 224 cm³/mol. The minimum Gasteiger partial charge on any atom is -0.309 e. The van der Waals surface area contributed by atoms with E-state index in [0.29, 0.717) is 0 Å². The number of aromatic nitrogens is 1. The van der Waals surface area contributed by atoms with E-state index >= 15 is 0 Å². The van der Waals surface area contributed by atoms with Gasteiger partial charge in [-0.1, -0.05) is 164 Å². The predicted octanol–water partition coefficient (Wildman–Crippen LogP) is 13.8. The van der Waals surface area contributed by atoms with Gasteiger partial charge in [-0.05, 0) is 103 Å². The van der Waals surface area contributed by atoms with Crippen LogP contribution in [0.25, 0.3) is 82.4 Å². The van der Waals surface area contributed by atoms with Gasteiger partial charge in [0.25, 0.3) is 0 Å². The number of benzene rings is 9. The molecule has 0 fully saturated rings. The van der Waals surface area contributed by atoms with Crippen molar-refractivity contribution in [3.8, 4) is 39.1 Å². The second-order valence-corrected chi connectivity index (χ2v) is 14.5. The molecule has 248 valence electrons. The zero-order valence-corrected chi connectivity index (χ0v) is 29.2. The summed E-state index contributed by atoms with van der Waals surface area (Å²) in [6.07, 6.45) is 0.949. The first-order valence-corrected chi connectivity index (χ1v) is 18.6. The third-order valence-corrected chi connectivity index (χ3v) is 11.5. The molecule has 10 aromatic rings. The normalized spacial score (nSPS) is 13.5. The van der Waals surface area contributed by atoms with Crippen LogP contribution in [-0.4, -0.2) is 4.57 Å². The van der Waals surface area contributed by atoms with Gasteiger partial charge in [-0.3, -0.25) is 0 Å². The summed E-state index contributed by atoms with van der Waals surface area (Å²) in [5.41, 5.74) is 15.6. The van der Waals surface area contributed by atoms with Gasteiger partial charge in [-0.2, -0.15) is 0 Å². The van der Waals surface area contributed by atoms with Gasteiger partial charge in [0.1, 0.15) is 0 Å². The molecule has 0 amide bonds. The van der Waals surface area contributed by atoms with Gasteiger partial charge in [-0.25, -0.2) is 0 Å². The van der Waals surface area contributed by atoms with Crippen LogP contribution in [0.5, 0.6) is 0 Å². The summed E-state index contributed by atoms with van der Waals surface area (Å²) in [6, 6.07) is 72.0. The maximum atomic E-state index is 2.52. The number of para-hydroxylation sites is 1.